The van der Waals surface area contributed by atoms with Gasteiger partial charge < -0.3 is 9.73 Å². The zero-order valence-electron chi connectivity index (χ0n) is 12.0. The van der Waals surface area contributed by atoms with Crippen molar-refractivity contribution < 1.29 is 4.42 Å². The maximum Gasteiger partial charge on any atom is 0.118 e. The van der Waals surface area contributed by atoms with Gasteiger partial charge in [-0.3, -0.25) is 4.90 Å². The van der Waals surface area contributed by atoms with Crippen LogP contribution in [0.3, 0.4) is 0 Å². The van der Waals surface area contributed by atoms with Crippen LogP contribution in [0, 0.1) is 6.92 Å². The van der Waals surface area contributed by atoms with Crippen molar-refractivity contribution in [1.29, 1.82) is 0 Å². The van der Waals surface area contributed by atoms with Gasteiger partial charge >= 0.3 is 0 Å². The number of rotatable bonds is 8. The Hall–Kier alpha value is -0.800. The number of unbranched alkanes of at least 4 members (excludes halogenated alkanes) is 1. The Morgan fingerprint density at radius 3 is 2.83 bits per heavy atom. The van der Waals surface area contributed by atoms with E-state index < -0.39 is 0 Å². The van der Waals surface area contributed by atoms with Crippen LogP contribution in [0.2, 0.25) is 0 Å². The molecule has 0 atom stereocenters. The van der Waals surface area contributed by atoms with E-state index in [1.807, 2.05) is 7.05 Å². The van der Waals surface area contributed by atoms with Crippen LogP contribution in [-0.2, 0) is 13.1 Å². The van der Waals surface area contributed by atoms with Crippen molar-refractivity contribution in [2.75, 3.05) is 13.6 Å². The molecule has 0 amide bonds. The van der Waals surface area contributed by atoms with Crippen molar-refractivity contribution in [3.05, 3.63) is 23.2 Å². The monoisotopic (exact) mass is 250 g/mol. The molecule has 1 N–H and O–H groups in total. The Labute approximate surface area is 111 Å². The molecule has 3 heteroatoms. The molecule has 0 bridgehead atoms. The summed E-state index contributed by atoms with van der Waals surface area (Å²) in [7, 11) is 1.98. The summed E-state index contributed by atoms with van der Waals surface area (Å²) < 4.78 is 5.87. The summed E-state index contributed by atoms with van der Waals surface area (Å²) in [6, 6.07) is 3.03. The molecule has 18 heavy (non-hydrogen) atoms. The number of nitrogens with one attached hydrogen (secondary N) is 1. The molecule has 0 spiro atoms. The van der Waals surface area contributed by atoms with Gasteiger partial charge in [-0.05, 0) is 45.8 Å². The molecule has 0 aliphatic heterocycles. The van der Waals surface area contributed by atoms with Gasteiger partial charge in [-0.2, -0.15) is 0 Å². The third-order valence-electron chi connectivity index (χ3n) is 3.66. The summed E-state index contributed by atoms with van der Waals surface area (Å²) in [5, 5.41) is 3.19. The summed E-state index contributed by atoms with van der Waals surface area (Å²) in [4.78, 5) is 2.59. The first-order chi connectivity index (χ1) is 8.74. The number of aryl methyl sites for hydroxylation is 1. The summed E-state index contributed by atoms with van der Waals surface area (Å²) in [5.41, 5.74) is 1.29. The first kappa shape index (κ1) is 13.6. The lowest BCUT2D eigenvalue weighted by molar-refractivity contribution is 0.229. The van der Waals surface area contributed by atoms with Crippen molar-refractivity contribution in [2.45, 2.75) is 58.7 Å². The van der Waals surface area contributed by atoms with Gasteiger partial charge in [-0.15, -0.1) is 0 Å². The van der Waals surface area contributed by atoms with Crippen molar-refractivity contribution in [2.24, 2.45) is 0 Å². The molecule has 0 radical (unpaired) electrons. The summed E-state index contributed by atoms with van der Waals surface area (Å²) >= 11 is 0. The molecule has 1 aromatic heterocycles. The van der Waals surface area contributed by atoms with Crippen molar-refractivity contribution in [3.63, 3.8) is 0 Å². The van der Waals surface area contributed by atoms with Gasteiger partial charge in [0.15, 0.2) is 0 Å². The first-order valence-corrected chi connectivity index (χ1v) is 7.21. The van der Waals surface area contributed by atoms with E-state index in [9.17, 15) is 0 Å². The lowest BCUT2D eigenvalue weighted by Crippen LogP contribution is -2.26. The van der Waals surface area contributed by atoms with Crippen molar-refractivity contribution >= 4 is 0 Å². The minimum absolute atomic E-state index is 0.815. The van der Waals surface area contributed by atoms with Crippen LogP contribution in [-0.4, -0.2) is 24.5 Å². The SMILES string of the molecule is CCCCN(Cc1cc(CNC)c(C)o1)C1CC1. The fraction of sp³-hybridized carbons (Fsp3) is 0.733. The Morgan fingerprint density at radius 1 is 1.44 bits per heavy atom. The van der Waals surface area contributed by atoms with Crippen LogP contribution in [0.5, 0.6) is 0 Å². The number of hydrogen-bond acceptors (Lipinski definition) is 3. The highest BCUT2D eigenvalue weighted by Gasteiger charge is 2.29. The summed E-state index contributed by atoms with van der Waals surface area (Å²) in [5.74, 6) is 2.19. The Morgan fingerprint density at radius 2 is 2.22 bits per heavy atom. The second kappa shape index (κ2) is 6.39. The third kappa shape index (κ3) is 3.59. The third-order valence-corrected chi connectivity index (χ3v) is 3.66. The van der Waals surface area contributed by atoms with Crippen LogP contribution < -0.4 is 5.32 Å². The predicted molar refractivity (Wildman–Crippen MR) is 74.5 cm³/mol. The molecule has 1 aliphatic rings. The number of hydrogen-bond donors (Lipinski definition) is 1. The number of furan rings is 1. The molecule has 102 valence electrons. The molecule has 0 saturated heterocycles. The van der Waals surface area contributed by atoms with Gasteiger partial charge in [0.05, 0.1) is 6.54 Å². The molecule has 0 aromatic carbocycles. The molecule has 0 unspecified atom stereocenters. The minimum Gasteiger partial charge on any atom is -0.465 e. The molecule has 1 aliphatic carbocycles. The smallest absolute Gasteiger partial charge is 0.118 e. The van der Waals surface area contributed by atoms with E-state index in [1.54, 1.807) is 0 Å². The first-order valence-electron chi connectivity index (χ1n) is 7.21. The highest BCUT2D eigenvalue weighted by Crippen LogP contribution is 2.29. The normalized spacial score (nSPS) is 15.6. The number of nitrogens with zero attached hydrogens (tertiary/aromatic N) is 1. The van der Waals surface area contributed by atoms with E-state index in [4.69, 9.17) is 4.42 Å². The highest BCUT2D eigenvalue weighted by atomic mass is 16.3. The Balaban J connectivity index is 1.95. The summed E-state index contributed by atoms with van der Waals surface area (Å²) in [6.45, 7) is 7.40. The molecule has 2 rings (SSSR count). The van der Waals surface area contributed by atoms with E-state index in [2.05, 4.69) is 30.1 Å². The maximum absolute atomic E-state index is 5.87. The van der Waals surface area contributed by atoms with Gasteiger partial charge in [0.1, 0.15) is 11.5 Å². The maximum atomic E-state index is 5.87. The topological polar surface area (TPSA) is 28.4 Å². The average molecular weight is 250 g/mol. The minimum atomic E-state index is 0.815. The largest absolute Gasteiger partial charge is 0.465 e. The van der Waals surface area contributed by atoms with Gasteiger partial charge in [0, 0.05) is 18.2 Å². The van der Waals surface area contributed by atoms with Crippen LogP contribution in [0.25, 0.3) is 0 Å². The van der Waals surface area contributed by atoms with E-state index in [-0.39, 0.29) is 0 Å². The zero-order chi connectivity index (χ0) is 13.0. The van der Waals surface area contributed by atoms with Crippen LogP contribution in [0.4, 0.5) is 0 Å². The standard InChI is InChI=1S/C15H26N2O/c1-4-5-8-17(14-6-7-14)11-15-9-13(10-16-3)12(2)18-15/h9,14,16H,4-8,10-11H2,1-3H3. The van der Waals surface area contributed by atoms with Crippen molar-refractivity contribution in [1.82, 2.24) is 10.2 Å². The van der Waals surface area contributed by atoms with E-state index in [0.29, 0.717) is 0 Å². The molecular weight excluding hydrogens is 224 g/mol. The lowest BCUT2D eigenvalue weighted by atomic mass is 10.2. The van der Waals surface area contributed by atoms with Crippen molar-refractivity contribution in [3.8, 4) is 0 Å². The van der Waals surface area contributed by atoms with E-state index in [0.717, 1.165) is 30.7 Å². The zero-order valence-corrected chi connectivity index (χ0v) is 12.0. The van der Waals surface area contributed by atoms with Gasteiger partial charge in [0.2, 0.25) is 0 Å². The molecular formula is C15H26N2O. The molecule has 3 nitrogen and oxygen atoms in total. The second-order valence-electron chi connectivity index (χ2n) is 5.38. The average Bonchev–Trinajstić information content (AvgIpc) is 3.12. The lowest BCUT2D eigenvalue weighted by Gasteiger charge is -2.20. The van der Waals surface area contributed by atoms with Gasteiger partial charge in [-0.1, -0.05) is 13.3 Å². The fourth-order valence-electron chi connectivity index (χ4n) is 2.42. The molecule has 1 fully saturated rings. The summed E-state index contributed by atoms with van der Waals surface area (Å²) in [6.07, 6.45) is 5.30. The molecule has 1 heterocycles. The van der Waals surface area contributed by atoms with E-state index in [1.165, 1.54) is 37.8 Å². The second-order valence-corrected chi connectivity index (χ2v) is 5.38. The van der Waals surface area contributed by atoms with Gasteiger partial charge in [0.25, 0.3) is 0 Å². The van der Waals surface area contributed by atoms with Crippen LogP contribution in [0.1, 0.15) is 49.7 Å². The Kier molecular flexibility index (Phi) is 4.84. The van der Waals surface area contributed by atoms with Gasteiger partial charge in [-0.25, -0.2) is 0 Å². The van der Waals surface area contributed by atoms with Crippen LogP contribution in [0.15, 0.2) is 10.5 Å². The van der Waals surface area contributed by atoms with Crippen LogP contribution >= 0.6 is 0 Å². The highest BCUT2D eigenvalue weighted by molar-refractivity contribution is 5.20. The predicted octanol–water partition coefficient (Wildman–Crippen LogP) is 3.07. The Bertz CT molecular complexity index is 369. The quantitative estimate of drug-likeness (QED) is 0.768. The fourth-order valence-corrected chi connectivity index (χ4v) is 2.42. The molecule has 1 saturated carbocycles. The molecule has 1 aromatic rings. The van der Waals surface area contributed by atoms with E-state index >= 15 is 0 Å².